The molecule has 2 rings (SSSR count). The van der Waals surface area contributed by atoms with Crippen molar-refractivity contribution >= 4 is 33.0 Å². The van der Waals surface area contributed by atoms with Crippen LogP contribution in [0.1, 0.15) is 5.56 Å². The molecule has 2 aromatic rings. The maximum atomic E-state index is 13.4. The predicted molar refractivity (Wildman–Crippen MR) is 73.0 cm³/mol. The molecule has 0 aliphatic heterocycles. The Morgan fingerprint density at radius 1 is 1.18 bits per heavy atom. The van der Waals surface area contributed by atoms with Gasteiger partial charge in [0.15, 0.2) is 0 Å². The van der Waals surface area contributed by atoms with Crippen molar-refractivity contribution in [2.24, 2.45) is 0 Å². The third kappa shape index (κ3) is 2.58. The van der Waals surface area contributed by atoms with E-state index in [1.807, 2.05) is 18.2 Å². The number of rotatable bonds is 2. The minimum Gasteiger partial charge on any atom is -0.397 e. The molecule has 0 saturated heterocycles. The molecule has 17 heavy (non-hydrogen) atoms. The van der Waals surface area contributed by atoms with Crippen LogP contribution >= 0.6 is 15.9 Å². The number of nitrogen functional groups attached to an aromatic ring is 1. The first-order valence-corrected chi connectivity index (χ1v) is 5.94. The summed E-state index contributed by atoms with van der Waals surface area (Å²) < 4.78 is 14.3. The van der Waals surface area contributed by atoms with Gasteiger partial charge in [-0.05, 0) is 37.3 Å². The van der Waals surface area contributed by atoms with Crippen LogP contribution in [-0.2, 0) is 0 Å². The Morgan fingerprint density at radius 2 is 1.94 bits per heavy atom. The fraction of sp³-hybridized carbons (Fsp3) is 0.0769. The zero-order valence-electron chi connectivity index (χ0n) is 9.30. The first kappa shape index (κ1) is 11.9. The van der Waals surface area contributed by atoms with Crippen LogP contribution in [0.3, 0.4) is 0 Å². The van der Waals surface area contributed by atoms with E-state index in [4.69, 9.17) is 5.73 Å². The molecule has 0 aliphatic carbocycles. The molecular weight excluding hydrogens is 283 g/mol. The zero-order valence-corrected chi connectivity index (χ0v) is 10.9. The molecule has 0 fully saturated rings. The smallest absolute Gasteiger partial charge is 0.128 e. The Bertz CT molecular complexity index is 555. The summed E-state index contributed by atoms with van der Waals surface area (Å²) in [4.78, 5) is 0. The topological polar surface area (TPSA) is 38.0 Å². The quantitative estimate of drug-likeness (QED) is 0.814. The van der Waals surface area contributed by atoms with E-state index in [1.165, 1.54) is 6.07 Å². The van der Waals surface area contributed by atoms with Crippen LogP contribution in [0.15, 0.2) is 40.9 Å². The van der Waals surface area contributed by atoms with Crippen LogP contribution in [0.5, 0.6) is 0 Å². The number of nitrogens with two attached hydrogens (primary N) is 1. The molecular formula is C13H12BrFN2. The molecule has 0 bridgehead atoms. The van der Waals surface area contributed by atoms with Crippen molar-refractivity contribution in [3.63, 3.8) is 0 Å². The first-order valence-electron chi connectivity index (χ1n) is 5.15. The van der Waals surface area contributed by atoms with Gasteiger partial charge in [0.2, 0.25) is 0 Å². The van der Waals surface area contributed by atoms with Crippen LogP contribution in [0, 0.1) is 12.7 Å². The largest absolute Gasteiger partial charge is 0.397 e. The van der Waals surface area contributed by atoms with Gasteiger partial charge >= 0.3 is 0 Å². The second-order valence-electron chi connectivity index (χ2n) is 3.77. The predicted octanol–water partition coefficient (Wildman–Crippen LogP) is 4.22. The molecule has 0 atom stereocenters. The highest BCUT2D eigenvalue weighted by Gasteiger charge is 2.05. The lowest BCUT2D eigenvalue weighted by atomic mass is 10.1. The van der Waals surface area contributed by atoms with Crippen molar-refractivity contribution in [1.29, 1.82) is 0 Å². The van der Waals surface area contributed by atoms with Crippen LogP contribution in [-0.4, -0.2) is 0 Å². The first-order chi connectivity index (χ1) is 8.08. The highest BCUT2D eigenvalue weighted by molar-refractivity contribution is 9.10. The van der Waals surface area contributed by atoms with E-state index in [1.54, 1.807) is 19.1 Å². The van der Waals surface area contributed by atoms with E-state index in [0.717, 1.165) is 15.8 Å². The van der Waals surface area contributed by atoms with Gasteiger partial charge in [-0.3, -0.25) is 0 Å². The Kier molecular flexibility index (Phi) is 3.33. The van der Waals surface area contributed by atoms with Crippen LogP contribution < -0.4 is 11.1 Å². The molecule has 0 saturated carbocycles. The lowest BCUT2D eigenvalue weighted by molar-refractivity contribution is 0.619. The van der Waals surface area contributed by atoms with Gasteiger partial charge in [0.25, 0.3) is 0 Å². The van der Waals surface area contributed by atoms with Gasteiger partial charge in [-0.25, -0.2) is 4.39 Å². The van der Waals surface area contributed by atoms with Crippen molar-refractivity contribution in [1.82, 2.24) is 0 Å². The summed E-state index contributed by atoms with van der Waals surface area (Å²) >= 11 is 3.37. The number of benzene rings is 2. The van der Waals surface area contributed by atoms with Gasteiger partial charge in [-0.2, -0.15) is 0 Å². The fourth-order valence-electron chi connectivity index (χ4n) is 1.52. The second-order valence-corrected chi connectivity index (χ2v) is 4.68. The van der Waals surface area contributed by atoms with Crippen molar-refractivity contribution in [3.05, 3.63) is 52.3 Å². The van der Waals surface area contributed by atoms with Crippen LogP contribution in [0.4, 0.5) is 21.5 Å². The number of hydrogen-bond acceptors (Lipinski definition) is 2. The SMILES string of the molecule is Cc1c(F)cccc1Nc1cc(Br)ccc1N. The molecule has 0 radical (unpaired) electrons. The van der Waals surface area contributed by atoms with Crippen LogP contribution in [0.25, 0.3) is 0 Å². The third-order valence-electron chi connectivity index (χ3n) is 2.55. The van der Waals surface area contributed by atoms with Crippen molar-refractivity contribution in [2.75, 3.05) is 11.1 Å². The maximum absolute atomic E-state index is 13.4. The molecule has 0 amide bonds. The highest BCUT2D eigenvalue weighted by Crippen LogP contribution is 2.28. The van der Waals surface area contributed by atoms with Crippen LogP contribution in [0.2, 0.25) is 0 Å². The molecule has 3 N–H and O–H groups in total. The molecule has 2 nitrogen and oxygen atoms in total. The second kappa shape index (κ2) is 4.75. The van der Waals surface area contributed by atoms with Gasteiger partial charge in [-0.15, -0.1) is 0 Å². The summed E-state index contributed by atoms with van der Waals surface area (Å²) in [5.74, 6) is -0.233. The van der Waals surface area contributed by atoms with Gasteiger partial charge in [0.05, 0.1) is 11.4 Å². The molecule has 4 heteroatoms. The van der Waals surface area contributed by atoms with E-state index >= 15 is 0 Å². The van der Waals surface area contributed by atoms with E-state index in [2.05, 4.69) is 21.2 Å². The summed E-state index contributed by atoms with van der Waals surface area (Å²) in [5, 5.41) is 3.13. The normalized spacial score (nSPS) is 10.3. The van der Waals surface area contributed by atoms with E-state index < -0.39 is 0 Å². The Hall–Kier alpha value is -1.55. The number of nitrogens with one attached hydrogen (secondary N) is 1. The Labute approximate surface area is 108 Å². The average molecular weight is 295 g/mol. The molecule has 88 valence electrons. The number of anilines is 3. The molecule has 0 unspecified atom stereocenters. The van der Waals surface area contributed by atoms with E-state index in [-0.39, 0.29) is 5.82 Å². The summed E-state index contributed by atoms with van der Waals surface area (Å²) in [6.45, 7) is 1.73. The van der Waals surface area contributed by atoms with Gasteiger partial charge < -0.3 is 11.1 Å². The molecule has 0 spiro atoms. The minimum atomic E-state index is -0.233. The average Bonchev–Trinajstić information content (AvgIpc) is 2.30. The van der Waals surface area contributed by atoms with E-state index in [9.17, 15) is 4.39 Å². The summed E-state index contributed by atoms with van der Waals surface area (Å²) in [7, 11) is 0. The van der Waals surface area contributed by atoms with Gasteiger partial charge in [0, 0.05) is 15.7 Å². The number of halogens is 2. The van der Waals surface area contributed by atoms with Crippen molar-refractivity contribution in [3.8, 4) is 0 Å². The lowest BCUT2D eigenvalue weighted by Crippen LogP contribution is -1.98. The minimum absolute atomic E-state index is 0.233. The van der Waals surface area contributed by atoms with E-state index in [0.29, 0.717) is 11.3 Å². The number of hydrogen-bond donors (Lipinski definition) is 2. The van der Waals surface area contributed by atoms with Gasteiger partial charge in [0.1, 0.15) is 5.82 Å². The monoisotopic (exact) mass is 294 g/mol. The van der Waals surface area contributed by atoms with Gasteiger partial charge in [-0.1, -0.05) is 22.0 Å². The molecule has 2 aromatic carbocycles. The lowest BCUT2D eigenvalue weighted by Gasteiger charge is -2.12. The Balaban J connectivity index is 2.38. The highest BCUT2D eigenvalue weighted by atomic mass is 79.9. The summed E-state index contributed by atoms with van der Waals surface area (Å²) in [5.41, 5.74) is 8.52. The van der Waals surface area contributed by atoms with Crippen molar-refractivity contribution < 1.29 is 4.39 Å². The fourth-order valence-corrected chi connectivity index (χ4v) is 1.89. The zero-order chi connectivity index (χ0) is 12.4. The standard InChI is InChI=1S/C13H12BrFN2/c1-8-10(15)3-2-4-12(8)17-13-7-9(14)5-6-11(13)16/h2-7,17H,16H2,1H3. The maximum Gasteiger partial charge on any atom is 0.128 e. The molecule has 0 aromatic heterocycles. The summed E-state index contributed by atoms with van der Waals surface area (Å²) in [6, 6.07) is 10.4. The summed E-state index contributed by atoms with van der Waals surface area (Å²) in [6.07, 6.45) is 0. The van der Waals surface area contributed by atoms with Crippen molar-refractivity contribution in [2.45, 2.75) is 6.92 Å². The third-order valence-corrected chi connectivity index (χ3v) is 3.05. The molecule has 0 heterocycles. The molecule has 0 aliphatic rings. The Morgan fingerprint density at radius 3 is 2.71 bits per heavy atom.